The van der Waals surface area contributed by atoms with E-state index in [9.17, 15) is 4.79 Å². The molecule has 7 heteroatoms. The molecule has 0 bridgehead atoms. The zero-order valence-electron chi connectivity index (χ0n) is 15.6. The summed E-state index contributed by atoms with van der Waals surface area (Å²) in [5.41, 5.74) is 5.03. The van der Waals surface area contributed by atoms with Crippen LogP contribution < -0.4 is 10.3 Å². The highest BCUT2D eigenvalue weighted by atomic mass is 35.5. The van der Waals surface area contributed by atoms with E-state index in [0.717, 1.165) is 24.3 Å². The molecule has 2 aromatic carbocycles. The summed E-state index contributed by atoms with van der Waals surface area (Å²) in [6.07, 6.45) is 3.89. The van der Waals surface area contributed by atoms with Crippen molar-refractivity contribution < 1.29 is 9.21 Å². The van der Waals surface area contributed by atoms with Crippen molar-refractivity contribution in [2.24, 2.45) is 5.10 Å². The lowest BCUT2D eigenvalue weighted by Gasteiger charge is -2.17. The number of nitrogens with one attached hydrogen (secondary N) is 1. The second-order valence-corrected chi connectivity index (χ2v) is 7.59. The topological polar surface area (TPSA) is 57.8 Å². The smallest absolute Gasteiger partial charge is 0.271 e. The summed E-state index contributed by atoms with van der Waals surface area (Å²) in [6.45, 7) is 2.15. The quantitative estimate of drug-likeness (QED) is 0.424. The van der Waals surface area contributed by atoms with E-state index in [4.69, 9.17) is 27.6 Å². The molecule has 1 fully saturated rings. The fourth-order valence-electron chi connectivity index (χ4n) is 3.24. The van der Waals surface area contributed by atoms with Gasteiger partial charge in [0.05, 0.1) is 16.3 Å². The number of amides is 1. The molecular formula is C22H19Cl2N3O2. The first kappa shape index (κ1) is 19.6. The Balaban J connectivity index is 1.36. The van der Waals surface area contributed by atoms with Crippen LogP contribution in [0.4, 0.5) is 5.69 Å². The third-order valence-corrected chi connectivity index (χ3v) is 5.53. The number of hydrogen-bond donors (Lipinski definition) is 1. The molecule has 3 aromatic rings. The van der Waals surface area contributed by atoms with Crippen LogP contribution in [0.25, 0.3) is 11.3 Å². The van der Waals surface area contributed by atoms with Crippen LogP contribution in [-0.4, -0.2) is 25.2 Å². The summed E-state index contributed by atoms with van der Waals surface area (Å²) in [6, 6.07) is 16.4. The Morgan fingerprint density at radius 3 is 2.48 bits per heavy atom. The van der Waals surface area contributed by atoms with Crippen molar-refractivity contribution in [3.63, 3.8) is 0 Å². The Bertz CT molecular complexity index is 1040. The van der Waals surface area contributed by atoms with Crippen LogP contribution in [0.1, 0.15) is 29.0 Å². The van der Waals surface area contributed by atoms with Gasteiger partial charge < -0.3 is 9.32 Å². The number of hydrazone groups is 1. The maximum absolute atomic E-state index is 12.3. The summed E-state index contributed by atoms with van der Waals surface area (Å²) in [7, 11) is 0. The molecule has 1 N–H and O–H groups in total. The van der Waals surface area contributed by atoms with Crippen molar-refractivity contribution in [3.8, 4) is 11.3 Å². The number of anilines is 1. The Morgan fingerprint density at radius 1 is 1.00 bits per heavy atom. The molecule has 1 aliphatic rings. The Hall–Kier alpha value is -2.76. The lowest BCUT2D eigenvalue weighted by Crippen LogP contribution is -2.19. The highest BCUT2D eigenvalue weighted by Gasteiger charge is 2.13. The molecule has 0 spiro atoms. The predicted molar refractivity (Wildman–Crippen MR) is 117 cm³/mol. The van der Waals surface area contributed by atoms with E-state index in [1.807, 2.05) is 30.3 Å². The van der Waals surface area contributed by atoms with Crippen molar-refractivity contribution in [1.82, 2.24) is 5.43 Å². The average Bonchev–Trinajstić information content (AvgIpc) is 3.42. The first-order valence-corrected chi connectivity index (χ1v) is 10.1. The van der Waals surface area contributed by atoms with Gasteiger partial charge in [0.1, 0.15) is 11.5 Å². The molecule has 29 heavy (non-hydrogen) atoms. The zero-order chi connectivity index (χ0) is 20.2. The SMILES string of the molecule is O=C(N/N=C/c1ccc(-c2ccc(Cl)c(Cl)c2)o1)c1ccc(N2CCCC2)cc1. The molecule has 0 aliphatic carbocycles. The fourth-order valence-corrected chi connectivity index (χ4v) is 3.54. The van der Waals surface area contributed by atoms with Gasteiger partial charge in [-0.3, -0.25) is 4.79 Å². The maximum Gasteiger partial charge on any atom is 0.271 e. The van der Waals surface area contributed by atoms with Crippen molar-refractivity contribution >= 4 is 41.0 Å². The number of nitrogens with zero attached hydrogens (tertiary/aromatic N) is 2. The van der Waals surface area contributed by atoms with E-state index in [1.165, 1.54) is 19.1 Å². The maximum atomic E-state index is 12.3. The van der Waals surface area contributed by atoms with Crippen LogP contribution in [0.15, 0.2) is 64.1 Å². The van der Waals surface area contributed by atoms with Gasteiger partial charge in [0.2, 0.25) is 0 Å². The second-order valence-electron chi connectivity index (χ2n) is 6.77. The molecule has 0 saturated carbocycles. The Morgan fingerprint density at radius 2 is 1.76 bits per heavy atom. The van der Waals surface area contributed by atoms with Gasteiger partial charge >= 0.3 is 0 Å². The van der Waals surface area contributed by atoms with E-state index in [2.05, 4.69) is 15.4 Å². The minimum absolute atomic E-state index is 0.273. The van der Waals surface area contributed by atoms with Gasteiger partial charge in [-0.1, -0.05) is 23.2 Å². The normalized spacial score (nSPS) is 13.9. The van der Waals surface area contributed by atoms with Gasteiger partial charge in [0.25, 0.3) is 5.91 Å². The third-order valence-electron chi connectivity index (χ3n) is 4.79. The first-order valence-electron chi connectivity index (χ1n) is 9.34. The van der Waals surface area contributed by atoms with Crippen molar-refractivity contribution in [2.45, 2.75) is 12.8 Å². The molecule has 0 atom stereocenters. The molecule has 0 unspecified atom stereocenters. The van der Waals surface area contributed by atoms with Crippen LogP contribution in [0.3, 0.4) is 0 Å². The largest absolute Gasteiger partial charge is 0.455 e. The van der Waals surface area contributed by atoms with Crippen LogP contribution >= 0.6 is 23.2 Å². The molecule has 1 amide bonds. The summed E-state index contributed by atoms with van der Waals surface area (Å²) in [5.74, 6) is 0.870. The van der Waals surface area contributed by atoms with Gasteiger partial charge in [-0.15, -0.1) is 0 Å². The monoisotopic (exact) mass is 427 g/mol. The molecule has 1 aromatic heterocycles. The van der Waals surface area contributed by atoms with Crippen LogP contribution in [0.5, 0.6) is 0 Å². The van der Waals surface area contributed by atoms with Gasteiger partial charge in [0.15, 0.2) is 0 Å². The van der Waals surface area contributed by atoms with Crippen molar-refractivity contribution in [1.29, 1.82) is 0 Å². The Kier molecular flexibility index (Phi) is 5.88. The van der Waals surface area contributed by atoms with E-state index < -0.39 is 0 Å². The molecule has 4 rings (SSSR count). The van der Waals surface area contributed by atoms with Gasteiger partial charge in [-0.2, -0.15) is 5.10 Å². The van der Waals surface area contributed by atoms with Crippen LogP contribution in [0, 0.1) is 0 Å². The third kappa shape index (κ3) is 4.63. The Labute approximate surface area is 178 Å². The number of hydrogen-bond acceptors (Lipinski definition) is 4. The molecule has 1 aliphatic heterocycles. The van der Waals surface area contributed by atoms with Crippen molar-refractivity contribution in [2.75, 3.05) is 18.0 Å². The van der Waals surface area contributed by atoms with E-state index in [1.54, 1.807) is 24.3 Å². The number of benzene rings is 2. The fraction of sp³-hybridized carbons (Fsp3) is 0.182. The summed E-state index contributed by atoms with van der Waals surface area (Å²) < 4.78 is 5.72. The lowest BCUT2D eigenvalue weighted by atomic mass is 10.2. The molecule has 0 radical (unpaired) electrons. The van der Waals surface area contributed by atoms with E-state index in [0.29, 0.717) is 27.1 Å². The summed E-state index contributed by atoms with van der Waals surface area (Å²) in [4.78, 5) is 14.6. The molecule has 148 valence electrons. The highest BCUT2D eigenvalue weighted by Crippen LogP contribution is 2.29. The number of carbonyl (C=O) groups excluding carboxylic acids is 1. The highest BCUT2D eigenvalue weighted by molar-refractivity contribution is 6.42. The zero-order valence-corrected chi connectivity index (χ0v) is 17.1. The van der Waals surface area contributed by atoms with Gasteiger partial charge in [-0.05, 0) is 67.4 Å². The van der Waals surface area contributed by atoms with E-state index >= 15 is 0 Å². The molecule has 5 nitrogen and oxygen atoms in total. The minimum Gasteiger partial charge on any atom is -0.455 e. The number of halogens is 2. The average molecular weight is 428 g/mol. The second kappa shape index (κ2) is 8.72. The van der Waals surface area contributed by atoms with Crippen LogP contribution in [-0.2, 0) is 0 Å². The van der Waals surface area contributed by atoms with Gasteiger partial charge in [0, 0.05) is 29.9 Å². The first-order chi connectivity index (χ1) is 14.1. The lowest BCUT2D eigenvalue weighted by molar-refractivity contribution is 0.0955. The van der Waals surface area contributed by atoms with Crippen molar-refractivity contribution in [3.05, 3.63) is 76.0 Å². The number of carbonyl (C=O) groups is 1. The predicted octanol–water partition coefficient (Wildman–Crippen LogP) is 5.62. The van der Waals surface area contributed by atoms with Gasteiger partial charge in [-0.25, -0.2) is 5.43 Å². The minimum atomic E-state index is -0.273. The van der Waals surface area contributed by atoms with E-state index in [-0.39, 0.29) is 5.91 Å². The number of furan rings is 1. The molecule has 1 saturated heterocycles. The van der Waals surface area contributed by atoms with Crippen LogP contribution in [0.2, 0.25) is 10.0 Å². The molecule has 2 heterocycles. The summed E-state index contributed by atoms with van der Waals surface area (Å²) in [5, 5.41) is 4.92. The molecular weight excluding hydrogens is 409 g/mol. The summed E-state index contributed by atoms with van der Waals surface area (Å²) >= 11 is 12.0. The number of rotatable bonds is 5. The standard InChI is InChI=1S/C22H19Cl2N3O2/c23-19-9-5-16(13-20(19)24)21-10-8-18(29-21)14-25-26-22(28)15-3-6-17(7-4-15)27-11-1-2-12-27/h3-10,13-14H,1-2,11-12H2,(H,26,28)/b25-14+.